The van der Waals surface area contributed by atoms with Crippen LogP contribution >= 0.6 is 27.5 Å². The van der Waals surface area contributed by atoms with Crippen molar-refractivity contribution in [1.29, 1.82) is 0 Å². The first-order valence-electron chi connectivity index (χ1n) is 6.43. The molecule has 1 aromatic carbocycles. The van der Waals surface area contributed by atoms with Crippen molar-refractivity contribution in [3.8, 4) is 0 Å². The van der Waals surface area contributed by atoms with Crippen LogP contribution in [0.4, 0.5) is 0 Å². The Hall–Kier alpha value is -0.540. The van der Waals surface area contributed by atoms with Crippen LogP contribution in [0.1, 0.15) is 38.4 Å². The molecule has 1 aromatic heterocycles. The SMILES string of the molecule is CCC1(n2c(CCl)nc3ccc(Br)cc32)CCC1. The number of hydrogen-bond donors (Lipinski definition) is 0. The highest BCUT2D eigenvalue weighted by atomic mass is 79.9. The molecule has 1 fully saturated rings. The molecule has 1 aliphatic rings. The zero-order valence-corrected chi connectivity index (χ0v) is 12.8. The van der Waals surface area contributed by atoms with Gasteiger partial charge in [-0.25, -0.2) is 4.98 Å². The van der Waals surface area contributed by atoms with Crippen LogP contribution in [0.15, 0.2) is 22.7 Å². The zero-order chi connectivity index (χ0) is 12.8. The standard InChI is InChI=1S/C14H16BrClN2/c1-2-14(6-3-7-14)18-12-8-10(15)4-5-11(12)17-13(18)9-16/h4-5,8H,2-3,6-7,9H2,1H3. The molecular weight excluding hydrogens is 312 g/mol. The average molecular weight is 328 g/mol. The molecule has 0 N–H and O–H groups in total. The van der Waals surface area contributed by atoms with Crippen LogP contribution in [0.3, 0.4) is 0 Å². The van der Waals surface area contributed by atoms with Gasteiger partial charge in [0.05, 0.1) is 16.9 Å². The number of halogens is 2. The van der Waals surface area contributed by atoms with Gasteiger partial charge in [0.1, 0.15) is 5.82 Å². The second-order valence-electron chi connectivity index (χ2n) is 5.06. The van der Waals surface area contributed by atoms with Crippen molar-refractivity contribution in [2.45, 2.75) is 44.0 Å². The molecule has 0 radical (unpaired) electrons. The Morgan fingerprint density at radius 1 is 1.44 bits per heavy atom. The normalized spacial score (nSPS) is 17.9. The maximum Gasteiger partial charge on any atom is 0.125 e. The Morgan fingerprint density at radius 3 is 2.78 bits per heavy atom. The van der Waals surface area contributed by atoms with Crippen LogP contribution in [0.5, 0.6) is 0 Å². The highest BCUT2D eigenvalue weighted by Crippen LogP contribution is 2.45. The minimum atomic E-state index is 0.250. The van der Waals surface area contributed by atoms with Gasteiger partial charge in [-0.1, -0.05) is 22.9 Å². The molecule has 4 heteroatoms. The molecule has 96 valence electrons. The Morgan fingerprint density at radius 2 is 2.22 bits per heavy atom. The second kappa shape index (κ2) is 4.53. The van der Waals surface area contributed by atoms with Crippen molar-refractivity contribution in [2.75, 3.05) is 0 Å². The molecule has 0 unspecified atom stereocenters. The minimum absolute atomic E-state index is 0.250. The van der Waals surface area contributed by atoms with E-state index in [9.17, 15) is 0 Å². The number of aromatic nitrogens is 2. The zero-order valence-electron chi connectivity index (χ0n) is 10.4. The molecule has 0 bridgehead atoms. The summed E-state index contributed by atoms with van der Waals surface area (Å²) in [7, 11) is 0. The number of alkyl halides is 1. The number of imidazole rings is 1. The van der Waals surface area contributed by atoms with Crippen LogP contribution in [0.25, 0.3) is 11.0 Å². The quantitative estimate of drug-likeness (QED) is 0.739. The van der Waals surface area contributed by atoms with Gasteiger partial charge in [-0.2, -0.15) is 0 Å². The summed E-state index contributed by atoms with van der Waals surface area (Å²) in [5, 5.41) is 0. The first kappa shape index (κ1) is 12.5. The third-order valence-corrected chi connectivity index (χ3v) is 4.95. The van der Waals surface area contributed by atoms with E-state index in [4.69, 9.17) is 11.6 Å². The van der Waals surface area contributed by atoms with Crippen LogP contribution in [0.2, 0.25) is 0 Å². The molecule has 0 spiro atoms. The molecule has 0 saturated heterocycles. The first-order valence-corrected chi connectivity index (χ1v) is 7.76. The molecular formula is C14H16BrClN2. The summed E-state index contributed by atoms with van der Waals surface area (Å²) in [6.45, 7) is 2.26. The van der Waals surface area contributed by atoms with Crippen LogP contribution in [0, 0.1) is 0 Å². The van der Waals surface area contributed by atoms with E-state index in [0.717, 1.165) is 22.2 Å². The van der Waals surface area contributed by atoms with E-state index >= 15 is 0 Å². The van der Waals surface area contributed by atoms with E-state index in [0.29, 0.717) is 5.88 Å². The lowest BCUT2D eigenvalue weighted by molar-refractivity contribution is 0.138. The van der Waals surface area contributed by atoms with Crippen molar-refractivity contribution >= 4 is 38.6 Å². The van der Waals surface area contributed by atoms with Crippen LogP contribution in [-0.2, 0) is 11.4 Å². The van der Waals surface area contributed by atoms with Crippen LogP contribution in [-0.4, -0.2) is 9.55 Å². The summed E-state index contributed by atoms with van der Waals surface area (Å²) in [4.78, 5) is 4.68. The fourth-order valence-corrected chi connectivity index (χ4v) is 3.57. The molecule has 1 aliphatic carbocycles. The first-order chi connectivity index (χ1) is 8.70. The number of rotatable bonds is 3. The van der Waals surface area contributed by atoms with Gasteiger partial charge in [-0.15, -0.1) is 11.6 Å². The average Bonchev–Trinajstić information content (AvgIpc) is 2.67. The van der Waals surface area contributed by atoms with E-state index < -0.39 is 0 Å². The van der Waals surface area contributed by atoms with Crippen molar-refractivity contribution in [1.82, 2.24) is 9.55 Å². The number of nitrogens with zero attached hydrogens (tertiary/aromatic N) is 2. The van der Waals surface area contributed by atoms with Gasteiger partial charge in [0.25, 0.3) is 0 Å². The summed E-state index contributed by atoms with van der Waals surface area (Å²) >= 11 is 9.64. The van der Waals surface area contributed by atoms with Crippen LogP contribution < -0.4 is 0 Å². The fourth-order valence-electron chi connectivity index (χ4n) is 3.04. The van der Waals surface area contributed by atoms with Crippen molar-refractivity contribution < 1.29 is 0 Å². The summed E-state index contributed by atoms with van der Waals surface area (Å²) in [5.41, 5.74) is 2.51. The molecule has 2 aromatic rings. The van der Waals surface area contributed by atoms with E-state index in [1.54, 1.807) is 0 Å². The summed E-state index contributed by atoms with van der Waals surface area (Å²) in [5.74, 6) is 1.49. The highest BCUT2D eigenvalue weighted by molar-refractivity contribution is 9.10. The monoisotopic (exact) mass is 326 g/mol. The predicted molar refractivity (Wildman–Crippen MR) is 79.1 cm³/mol. The third kappa shape index (κ3) is 1.71. The van der Waals surface area contributed by atoms with Gasteiger partial charge in [0.2, 0.25) is 0 Å². The lowest BCUT2D eigenvalue weighted by Gasteiger charge is -2.44. The molecule has 0 aliphatic heterocycles. The lowest BCUT2D eigenvalue weighted by Crippen LogP contribution is -2.40. The van der Waals surface area contributed by atoms with Gasteiger partial charge in [0, 0.05) is 10.0 Å². The topological polar surface area (TPSA) is 17.8 Å². The molecule has 2 nitrogen and oxygen atoms in total. The van der Waals surface area contributed by atoms with E-state index in [2.05, 4.69) is 44.5 Å². The van der Waals surface area contributed by atoms with Crippen molar-refractivity contribution in [3.63, 3.8) is 0 Å². The molecule has 1 saturated carbocycles. The molecule has 18 heavy (non-hydrogen) atoms. The fraction of sp³-hybridized carbons (Fsp3) is 0.500. The van der Waals surface area contributed by atoms with Gasteiger partial charge >= 0.3 is 0 Å². The summed E-state index contributed by atoms with van der Waals surface area (Å²) < 4.78 is 3.49. The molecule has 0 atom stereocenters. The largest absolute Gasteiger partial charge is 0.321 e. The maximum absolute atomic E-state index is 6.09. The van der Waals surface area contributed by atoms with Gasteiger partial charge in [-0.3, -0.25) is 0 Å². The van der Waals surface area contributed by atoms with Gasteiger partial charge in [0.15, 0.2) is 0 Å². The third-order valence-electron chi connectivity index (χ3n) is 4.22. The Balaban J connectivity index is 2.27. The molecule has 3 rings (SSSR count). The van der Waals surface area contributed by atoms with E-state index in [-0.39, 0.29) is 5.54 Å². The smallest absolute Gasteiger partial charge is 0.125 e. The molecule has 0 amide bonds. The Labute approximate surface area is 120 Å². The number of hydrogen-bond acceptors (Lipinski definition) is 1. The minimum Gasteiger partial charge on any atom is -0.321 e. The van der Waals surface area contributed by atoms with Crippen molar-refractivity contribution in [3.05, 3.63) is 28.5 Å². The predicted octanol–water partition coefficient (Wildman–Crippen LogP) is 4.83. The van der Waals surface area contributed by atoms with Gasteiger partial charge < -0.3 is 4.57 Å². The highest BCUT2D eigenvalue weighted by Gasteiger charge is 2.39. The molecule has 1 heterocycles. The summed E-state index contributed by atoms with van der Waals surface area (Å²) in [6, 6.07) is 6.26. The second-order valence-corrected chi connectivity index (χ2v) is 6.24. The van der Waals surface area contributed by atoms with Gasteiger partial charge in [-0.05, 0) is 43.9 Å². The Bertz CT molecular complexity index is 581. The van der Waals surface area contributed by atoms with Crippen molar-refractivity contribution in [2.24, 2.45) is 0 Å². The lowest BCUT2D eigenvalue weighted by atomic mass is 9.74. The summed E-state index contributed by atoms with van der Waals surface area (Å²) in [6.07, 6.45) is 4.94. The number of fused-ring (bicyclic) bond motifs is 1. The maximum atomic E-state index is 6.09. The number of benzene rings is 1. The van der Waals surface area contributed by atoms with E-state index in [1.807, 2.05) is 6.07 Å². The van der Waals surface area contributed by atoms with E-state index in [1.165, 1.54) is 24.8 Å². The Kier molecular flexibility index (Phi) is 3.15.